The van der Waals surface area contributed by atoms with Gasteiger partial charge in [-0.25, -0.2) is 0 Å². The van der Waals surface area contributed by atoms with Crippen LogP contribution in [-0.2, 0) is 14.4 Å². The van der Waals surface area contributed by atoms with Crippen LogP contribution >= 0.6 is 11.6 Å². The molecule has 1 heterocycles. The van der Waals surface area contributed by atoms with Crippen LogP contribution in [0.1, 0.15) is 50.6 Å². The lowest BCUT2D eigenvalue weighted by atomic mass is 9.81. The normalized spacial score (nSPS) is 24.2. The van der Waals surface area contributed by atoms with Crippen molar-refractivity contribution in [3.63, 3.8) is 0 Å². The zero-order chi connectivity index (χ0) is 18.0. The minimum absolute atomic E-state index is 0.0896. The summed E-state index contributed by atoms with van der Waals surface area (Å²) < 4.78 is 0. The zero-order valence-electron chi connectivity index (χ0n) is 14.3. The smallest absolute Gasteiger partial charge is 0.233 e. The first kappa shape index (κ1) is 17.9. The second kappa shape index (κ2) is 7.56. The molecule has 3 atom stereocenters. The van der Waals surface area contributed by atoms with Gasteiger partial charge in [-0.1, -0.05) is 36.6 Å². The summed E-state index contributed by atoms with van der Waals surface area (Å²) in [4.78, 5) is 38.3. The number of halogens is 1. The average molecular weight is 363 g/mol. The van der Waals surface area contributed by atoms with Gasteiger partial charge in [0.25, 0.3) is 0 Å². The fourth-order valence-corrected chi connectivity index (χ4v) is 3.94. The van der Waals surface area contributed by atoms with Crippen LogP contribution in [0.4, 0.5) is 0 Å². The van der Waals surface area contributed by atoms with Gasteiger partial charge in [-0.05, 0) is 37.5 Å². The third-order valence-electron chi connectivity index (χ3n) is 5.24. The summed E-state index contributed by atoms with van der Waals surface area (Å²) in [5, 5.41) is 3.55. The van der Waals surface area contributed by atoms with E-state index >= 15 is 0 Å². The Morgan fingerprint density at radius 1 is 1.16 bits per heavy atom. The Morgan fingerprint density at radius 3 is 2.28 bits per heavy atom. The van der Waals surface area contributed by atoms with Gasteiger partial charge in [0.15, 0.2) is 0 Å². The molecule has 1 aliphatic heterocycles. The lowest BCUT2D eigenvalue weighted by Gasteiger charge is -2.19. The molecule has 0 unspecified atom stereocenters. The third kappa shape index (κ3) is 3.87. The van der Waals surface area contributed by atoms with Crippen molar-refractivity contribution in [1.29, 1.82) is 0 Å². The highest BCUT2D eigenvalue weighted by atomic mass is 35.5. The van der Waals surface area contributed by atoms with Crippen molar-refractivity contribution in [3.8, 4) is 0 Å². The summed E-state index contributed by atoms with van der Waals surface area (Å²) >= 11 is 5.87. The number of hydrogen-bond acceptors (Lipinski definition) is 3. The van der Waals surface area contributed by atoms with Crippen molar-refractivity contribution < 1.29 is 14.4 Å². The second-order valence-electron chi connectivity index (χ2n) is 6.92. The average Bonchev–Trinajstić information content (AvgIpc) is 2.85. The molecule has 0 bridgehead atoms. The quantitative estimate of drug-likeness (QED) is 0.818. The molecule has 6 heteroatoms. The van der Waals surface area contributed by atoms with Gasteiger partial charge in [-0.15, -0.1) is 0 Å². The highest BCUT2D eigenvalue weighted by Gasteiger charge is 2.47. The fourth-order valence-electron chi connectivity index (χ4n) is 3.81. The second-order valence-corrected chi connectivity index (χ2v) is 7.35. The molecule has 1 saturated carbocycles. The molecule has 0 radical (unpaired) electrons. The van der Waals surface area contributed by atoms with Crippen LogP contribution in [0.5, 0.6) is 0 Å². The Labute approximate surface area is 152 Å². The topological polar surface area (TPSA) is 66.5 Å². The molecule has 2 fully saturated rings. The van der Waals surface area contributed by atoms with Crippen molar-refractivity contribution in [1.82, 2.24) is 10.2 Å². The lowest BCUT2D eigenvalue weighted by Crippen LogP contribution is -2.36. The number of nitrogens with zero attached hydrogens (tertiary/aromatic N) is 1. The van der Waals surface area contributed by atoms with E-state index in [2.05, 4.69) is 5.32 Å². The van der Waals surface area contributed by atoms with Crippen molar-refractivity contribution >= 4 is 29.3 Å². The number of carbonyl (C=O) groups excluding carboxylic acids is 3. The molecule has 1 N–H and O–H groups in total. The number of imide groups is 1. The molecule has 25 heavy (non-hydrogen) atoms. The number of nitrogens with one attached hydrogen (secondary N) is 1. The third-order valence-corrected chi connectivity index (χ3v) is 5.49. The van der Waals surface area contributed by atoms with Crippen LogP contribution in [0, 0.1) is 11.8 Å². The summed E-state index contributed by atoms with van der Waals surface area (Å²) in [6.45, 7) is 2.06. The summed E-state index contributed by atoms with van der Waals surface area (Å²) in [5.74, 6) is -0.658. The number of hydrogen-bond donors (Lipinski definition) is 1. The summed E-state index contributed by atoms with van der Waals surface area (Å²) in [6, 6.07) is 7.14. The standard InChI is InChI=1S/C19H23ClN2O3/c1-12(13-6-8-14(20)9-7-13)21-17(23)10-11-22-18(24)15-4-2-3-5-16(15)19(22)25/h6-9,12,15-16H,2-5,10-11H2,1H3,(H,21,23)/t12-,15+,16+/m1/s1. The van der Waals surface area contributed by atoms with Gasteiger partial charge in [-0.2, -0.15) is 0 Å². The van der Waals surface area contributed by atoms with Gasteiger partial charge in [0, 0.05) is 18.0 Å². The van der Waals surface area contributed by atoms with Crippen LogP contribution in [0.3, 0.4) is 0 Å². The number of benzene rings is 1. The van der Waals surface area contributed by atoms with Crippen LogP contribution in [-0.4, -0.2) is 29.2 Å². The largest absolute Gasteiger partial charge is 0.350 e. The van der Waals surface area contributed by atoms with Crippen molar-refractivity contribution in [3.05, 3.63) is 34.9 Å². The van der Waals surface area contributed by atoms with Gasteiger partial charge in [0.1, 0.15) is 0 Å². The molecular weight excluding hydrogens is 340 g/mol. The molecule has 1 aromatic rings. The van der Waals surface area contributed by atoms with E-state index in [1.807, 2.05) is 19.1 Å². The van der Waals surface area contributed by atoms with E-state index in [1.54, 1.807) is 12.1 Å². The van der Waals surface area contributed by atoms with Gasteiger partial charge >= 0.3 is 0 Å². The Kier molecular flexibility index (Phi) is 5.42. The molecule has 3 rings (SSSR count). The first-order chi connectivity index (χ1) is 12.0. The van der Waals surface area contributed by atoms with Gasteiger partial charge in [0.2, 0.25) is 17.7 Å². The molecule has 0 spiro atoms. The Hall–Kier alpha value is -1.88. The van der Waals surface area contributed by atoms with E-state index in [9.17, 15) is 14.4 Å². The van der Waals surface area contributed by atoms with Gasteiger partial charge < -0.3 is 5.32 Å². The Bertz CT molecular complexity index is 650. The van der Waals surface area contributed by atoms with E-state index in [4.69, 9.17) is 11.6 Å². The minimum Gasteiger partial charge on any atom is -0.350 e. The predicted octanol–water partition coefficient (Wildman–Crippen LogP) is 3.08. The number of carbonyl (C=O) groups is 3. The molecule has 0 aromatic heterocycles. The van der Waals surface area contributed by atoms with Crippen molar-refractivity contribution in [2.75, 3.05) is 6.54 Å². The van der Waals surface area contributed by atoms with E-state index in [-0.39, 0.29) is 48.6 Å². The Morgan fingerprint density at radius 2 is 1.72 bits per heavy atom. The molecule has 5 nitrogen and oxygen atoms in total. The molecule has 1 saturated heterocycles. The fraction of sp³-hybridized carbons (Fsp3) is 0.526. The van der Waals surface area contributed by atoms with Crippen LogP contribution in [0.2, 0.25) is 5.02 Å². The van der Waals surface area contributed by atoms with E-state index in [0.29, 0.717) is 5.02 Å². The number of fused-ring (bicyclic) bond motifs is 1. The maximum atomic E-state index is 12.4. The first-order valence-corrected chi connectivity index (χ1v) is 9.25. The highest BCUT2D eigenvalue weighted by molar-refractivity contribution is 6.30. The maximum absolute atomic E-state index is 12.4. The zero-order valence-corrected chi connectivity index (χ0v) is 15.1. The van der Waals surface area contributed by atoms with E-state index in [0.717, 1.165) is 31.2 Å². The molecular formula is C19H23ClN2O3. The molecule has 2 aliphatic rings. The van der Waals surface area contributed by atoms with Gasteiger partial charge in [-0.3, -0.25) is 19.3 Å². The summed E-state index contributed by atoms with van der Waals surface area (Å²) in [7, 11) is 0. The number of likely N-dealkylation sites (tertiary alicyclic amines) is 1. The van der Waals surface area contributed by atoms with Gasteiger partial charge in [0.05, 0.1) is 17.9 Å². The molecule has 134 valence electrons. The first-order valence-electron chi connectivity index (χ1n) is 8.87. The predicted molar refractivity (Wildman–Crippen MR) is 94.8 cm³/mol. The number of amides is 3. The van der Waals surface area contributed by atoms with Crippen molar-refractivity contribution in [2.24, 2.45) is 11.8 Å². The minimum atomic E-state index is -0.169. The van der Waals surface area contributed by atoms with E-state index in [1.165, 1.54) is 4.90 Å². The molecule has 3 amide bonds. The van der Waals surface area contributed by atoms with E-state index < -0.39 is 0 Å². The summed E-state index contributed by atoms with van der Waals surface area (Å²) in [5.41, 5.74) is 0.956. The Balaban J connectivity index is 1.52. The maximum Gasteiger partial charge on any atom is 0.233 e. The van der Waals surface area contributed by atoms with Crippen LogP contribution in [0.25, 0.3) is 0 Å². The lowest BCUT2D eigenvalue weighted by molar-refractivity contribution is -0.140. The summed E-state index contributed by atoms with van der Waals surface area (Å²) in [6.07, 6.45) is 3.74. The van der Waals surface area contributed by atoms with Crippen LogP contribution < -0.4 is 5.32 Å². The van der Waals surface area contributed by atoms with Crippen molar-refractivity contribution in [2.45, 2.75) is 45.1 Å². The monoisotopic (exact) mass is 362 g/mol. The number of rotatable bonds is 5. The molecule has 1 aromatic carbocycles. The van der Waals surface area contributed by atoms with Crippen LogP contribution in [0.15, 0.2) is 24.3 Å². The highest BCUT2D eigenvalue weighted by Crippen LogP contribution is 2.37. The molecule has 1 aliphatic carbocycles. The SMILES string of the molecule is C[C@@H](NC(=O)CCN1C(=O)[C@H]2CCCC[C@@H]2C1=O)c1ccc(Cl)cc1.